The lowest BCUT2D eigenvalue weighted by Gasteiger charge is -2.19. The lowest BCUT2D eigenvalue weighted by atomic mass is 10.1. The number of fused-ring (bicyclic) bond motifs is 3. The minimum Gasteiger partial charge on any atom is -0.494 e. The van der Waals surface area contributed by atoms with Crippen LogP contribution in [0.2, 0.25) is 0 Å². The van der Waals surface area contributed by atoms with E-state index in [1.54, 1.807) is 7.11 Å². The number of carbonyl (C=O) groups is 1. The monoisotopic (exact) mass is 431 g/mol. The van der Waals surface area contributed by atoms with Crippen LogP contribution in [0.15, 0.2) is 46.9 Å². The molecule has 0 aromatic heterocycles. The van der Waals surface area contributed by atoms with E-state index in [0.717, 1.165) is 27.1 Å². The van der Waals surface area contributed by atoms with Crippen molar-refractivity contribution < 1.29 is 19.0 Å². The normalized spacial score (nSPS) is 23.0. The maximum atomic E-state index is 12.9. The van der Waals surface area contributed by atoms with E-state index >= 15 is 0 Å². The number of methoxy groups -OCH3 is 1. The van der Waals surface area contributed by atoms with Crippen molar-refractivity contribution in [1.29, 1.82) is 0 Å². The van der Waals surface area contributed by atoms with E-state index < -0.39 is 0 Å². The molecule has 0 bridgehead atoms. The molecule has 5 nitrogen and oxygen atoms in total. The van der Waals surface area contributed by atoms with Gasteiger partial charge in [0.25, 0.3) is 0 Å². The van der Waals surface area contributed by atoms with Gasteiger partial charge >= 0.3 is 0 Å². The summed E-state index contributed by atoms with van der Waals surface area (Å²) in [6, 6.07) is 13.5. The minimum absolute atomic E-state index is 0.00607. The highest BCUT2D eigenvalue weighted by Crippen LogP contribution is 2.59. The van der Waals surface area contributed by atoms with E-state index in [0.29, 0.717) is 13.2 Å². The van der Waals surface area contributed by atoms with Gasteiger partial charge in [0, 0.05) is 18.6 Å². The Balaban J connectivity index is 1.45. The predicted molar refractivity (Wildman–Crippen MR) is 105 cm³/mol. The minimum atomic E-state index is -0.207. The van der Waals surface area contributed by atoms with Gasteiger partial charge in [-0.05, 0) is 46.6 Å². The summed E-state index contributed by atoms with van der Waals surface area (Å²) >= 11 is 3.51. The van der Waals surface area contributed by atoms with E-state index in [9.17, 15) is 4.79 Å². The molecule has 2 aromatic carbocycles. The average molecular weight is 432 g/mol. The summed E-state index contributed by atoms with van der Waals surface area (Å²) in [5.74, 6) is 1.69. The molecule has 4 atom stereocenters. The molecule has 1 saturated carbocycles. The summed E-state index contributed by atoms with van der Waals surface area (Å²) in [5.41, 5.74) is 2.10. The second-order valence-electron chi connectivity index (χ2n) is 6.81. The number of ether oxygens (including phenoxy) is 3. The fourth-order valence-corrected chi connectivity index (χ4v) is 4.25. The zero-order valence-electron chi connectivity index (χ0n) is 15.3. The van der Waals surface area contributed by atoms with Crippen molar-refractivity contribution in [3.05, 3.63) is 58.1 Å². The molecular weight excluding hydrogens is 410 g/mol. The van der Waals surface area contributed by atoms with E-state index in [4.69, 9.17) is 14.2 Å². The summed E-state index contributed by atoms with van der Waals surface area (Å²) < 4.78 is 17.7. The smallest absolute Gasteiger partial charge is 0.228 e. The third-order valence-electron chi connectivity index (χ3n) is 5.11. The molecule has 142 valence electrons. The van der Waals surface area contributed by atoms with Gasteiger partial charge in [0.1, 0.15) is 17.6 Å². The Labute approximate surface area is 167 Å². The Bertz CT molecular complexity index is 839. The van der Waals surface area contributed by atoms with Crippen molar-refractivity contribution in [2.45, 2.75) is 25.0 Å². The molecule has 0 saturated heterocycles. The third-order valence-corrected chi connectivity index (χ3v) is 5.73. The first-order chi connectivity index (χ1) is 13.1. The van der Waals surface area contributed by atoms with Crippen LogP contribution in [0.3, 0.4) is 0 Å². The molecule has 1 heterocycles. The van der Waals surface area contributed by atoms with Crippen LogP contribution in [-0.4, -0.2) is 32.3 Å². The number of rotatable bonds is 7. The lowest BCUT2D eigenvalue weighted by molar-refractivity contribution is -0.124. The van der Waals surface area contributed by atoms with Crippen LogP contribution in [0.5, 0.6) is 11.5 Å². The van der Waals surface area contributed by atoms with Gasteiger partial charge in [-0.15, -0.1) is 0 Å². The van der Waals surface area contributed by atoms with Crippen LogP contribution >= 0.6 is 15.9 Å². The molecule has 4 rings (SSSR count). The summed E-state index contributed by atoms with van der Waals surface area (Å²) in [6.07, 6.45) is -0.0674. The van der Waals surface area contributed by atoms with Gasteiger partial charge in [-0.2, -0.15) is 0 Å². The van der Waals surface area contributed by atoms with Crippen molar-refractivity contribution in [3.63, 3.8) is 0 Å². The fraction of sp³-hybridized carbons (Fsp3) is 0.381. The molecule has 1 aliphatic heterocycles. The van der Waals surface area contributed by atoms with Crippen LogP contribution < -0.4 is 14.8 Å². The Morgan fingerprint density at radius 1 is 1.26 bits per heavy atom. The molecule has 1 fully saturated rings. The molecule has 1 amide bonds. The molecule has 1 aliphatic carbocycles. The molecule has 3 unspecified atom stereocenters. The number of halogens is 1. The highest BCUT2D eigenvalue weighted by atomic mass is 79.9. The first-order valence-electron chi connectivity index (χ1n) is 9.11. The quantitative estimate of drug-likeness (QED) is 0.723. The largest absolute Gasteiger partial charge is 0.494 e. The Hall–Kier alpha value is -2.05. The topological polar surface area (TPSA) is 56.8 Å². The molecule has 2 aliphatic rings. The molecule has 0 radical (unpaired) electrons. The maximum Gasteiger partial charge on any atom is 0.228 e. The Kier molecular flexibility index (Phi) is 5.10. The SMILES string of the molecule is CCOc1ccc([C@H](COC)NC(=O)C2C3Oc4c(Br)cccc4C32)cc1. The van der Waals surface area contributed by atoms with E-state index in [1.807, 2.05) is 49.4 Å². The standard InChI is InChI=1S/C21H22BrNO4/c1-3-26-13-9-7-12(8-10-13)16(11-25-2)23-21(24)18-17-14-5-4-6-15(22)19(14)27-20(17)18/h4-10,16-18,20H,3,11H2,1-2H3,(H,23,24)/t16-,17?,18?,20?/m0/s1. The first kappa shape index (κ1) is 18.3. The van der Waals surface area contributed by atoms with Crippen LogP contribution in [0.4, 0.5) is 0 Å². The first-order valence-corrected chi connectivity index (χ1v) is 9.90. The van der Waals surface area contributed by atoms with Gasteiger partial charge in [-0.25, -0.2) is 0 Å². The summed E-state index contributed by atoms with van der Waals surface area (Å²) in [7, 11) is 1.64. The highest BCUT2D eigenvalue weighted by molar-refractivity contribution is 9.10. The predicted octanol–water partition coefficient (Wildman–Crippen LogP) is 3.83. The summed E-state index contributed by atoms with van der Waals surface area (Å²) in [6.45, 7) is 2.98. The Morgan fingerprint density at radius 2 is 2.04 bits per heavy atom. The van der Waals surface area contributed by atoms with Gasteiger partial charge in [0.15, 0.2) is 0 Å². The number of para-hydroxylation sites is 1. The van der Waals surface area contributed by atoms with Gasteiger partial charge in [0.05, 0.1) is 29.6 Å². The van der Waals surface area contributed by atoms with Gasteiger partial charge < -0.3 is 19.5 Å². The number of benzene rings is 2. The third kappa shape index (κ3) is 3.44. The second-order valence-corrected chi connectivity index (χ2v) is 7.67. The second kappa shape index (κ2) is 7.52. The molecule has 1 N–H and O–H groups in total. The summed E-state index contributed by atoms with van der Waals surface area (Å²) in [4.78, 5) is 12.9. The van der Waals surface area contributed by atoms with Crippen LogP contribution in [0, 0.1) is 5.92 Å². The van der Waals surface area contributed by atoms with Gasteiger partial charge in [-0.3, -0.25) is 4.79 Å². The maximum absolute atomic E-state index is 12.9. The number of hydrogen-bond donors (Lipinski definition) is 1. The molecule has 0 spiro atoms. The van der Waals surface area contributed by atoms with Gasteiger partial charge in [-0.1, -0.05) is 24.3 Å². The number of amides is 1. The van der Waals surface area contributed by atoms with Crippen LogP contribution in [-0.2, 0) is 9.53 Å². The van der Waals surface area contributed by atoms with E-state index in [-0.39, 0.29) is 29.9 Å². The molecule has 27 heavy (non-hydrogen) atoms. The van der Waals surface area contributed by atoms with E-state index in [2.05, 4.69) is 21.2 Å². The van der Waals surface area contributed by atoms with Crippen molar-refractivity contribution in [3.8, 4) is 11.5 Å². The average Bonchev–Trinajstić information content (AvgIpc) is 3.25. The van der Waals surface area contributed by atoms with Crippen molar-refractivity contribution in [1.82, 2.24) is 5.32 Å². The van der Waals surface area contributed by atoms with Crippen LogP contribution in [0.1, 0.15) is 30.0 Å². The number of hydrogen-bond acceptors (Lipinski definition) is 4. The Morgan fingerprint density at radius 3 is 2.74 bits per heavy atom. The lowest BCUT2D eigenvalue weighted by Crippen LogP contribution is -2.34. The summed E-state index contributed by atoms with van der Waals surface area (Å²) in [5, 5.41) is 3.13. The molecular formula is C21H22BrNO4. The van der Waals surface area contributed by atoms with Gasteiger partial charge in [0.2, 0.25) is 5.91 Å². The zero-order valence-corrected chi connectivity index (χ0v) is 16.9. The fourth-order valence-electron chi connectivity index (χ4n) is 3.78. The van der Waals surface area contributed by atoms with Crippen LogP contribution in [0.25, 0.3) is 0 Å². The number of nitrogens with one attached hydrogen (secondary N) is 1. The molecule has 6 heteroatoms. The number of carbonyl (C=O) groups excluding carboxylic acids is 1. The van der Waals surface area contributed by atoms with E-state index in [1.165, 1.54) is 0 Å². The highest BCUT2D eigenvalue weighted by Gasteiger charge is 2.63. The molecule has 2 aromatic rings. The van der Waals surface area contributed by atoms with Crippen molar-refractivity contribution in [2.75, 3.05) is 20.3 Å². The zero-order chi connectivity index (χ0) is 19.0. The van der Waals surface area contributed by atoms with Crippen molar-refractivity contribution >= 4 is 21.8 Å². The van der Waals surface area contributed by atoms with Crippen molar-refractivity contribution in [2.24, 2.45) is 5.92 Å².